The molecule has 0 spiro atoms. The van der Waals surface area contributed by atoms with Crippen molar-refractivity contribution in [3.05, 3.63) is 44.6 Å². The third kappa shape index (κ3) is 3.01. The van der Waals surface area contributed by atoms with Gasteiger partial charge in [-0.25, -0.2) is 4.98 Å². The van der Waals surface area contributed by atoms with Gasteiger partial charge in [0.15, 0.2) is 0 Å². The number of nitrogens with two attached hydrogens (primary N) is 1. The topological polar surface area (TPSA) is 104 Å². The van der Waals surface area contributed by atoms with Gasteiger partial charge >= 0.3 is 5.69 Å². The van der Waals surface area contributed by atoms with E-state index < -0.39 is 4.92 Å². The number of hydrogen-bond donors (Lipinski definition) is 1. The molecule has 0 unspecified atom stereocenters. The van der Waals surface area contributed by atoms with Crippen LogP contribution in [0.1, 0.15) is 0 Å². The summed E-state index contributed by atoms with van der Waals surface area (Å²) in [4.78, 5) is 17.7. The van der Waals surface area contributed by atoms with E-state index in [-0.39, 0.29) is 33.3 Å². The highest BCUT2D eigenvalue weighted by Crippen LogP contribution is 2.35. The number of nitro groups is 1. The lowest BCUT2D eigenvalue weighted by molar-refractivity contribution is -0.385. The number of ether oxygens (including phenoxy) is 1. The number of aromatic nitrogens is 2. The predicted octanol–water partition coefficient (Wildman–Crippen LogP) is 3.07. The summed E-state index contributed by atoms with van der Waals surface area (Å²) in [7, 11) is 0. The van der Waals surface area contributed by atoms with E-state index in [0.717, 1.165) is 6.07 Å². The number of nitro benzene ring substituents is 1. The van der Waals surface area contributed by atoms with E-state index in [4.69, 9.17) is 33.7 Å². The molecule has 0 saturated heterocycles. The van der Waals surface area contributed by atoms with E-state index in [9.17, 15) is 10.1 Å². The second kappa shape index (κ2) is 5.25. The standard InChI is InChI=1S/C10H6Cl2N4O3/c11-5-1-2-8(7(3-5)16(17)18)19-9-6(12)4-14-10(13)15-9/h1-4H,(H2,13,14,15). The lowest BCUT2D eigenvalue weighted by Crippen LogP contribution is -1.99. The second-order valence-electron chi connectivity index (χ2n) is 3.35. The highest BCUT2D eigenvalue weighted by atomic mass is 35.5. The number of benzene rings is 1. The Morgan fingerprint density at radius 2 is 2.11 bits per heavy atom. The third-order valence-corrected chi connectivity index (χ3v) is 2.55. The first-order valence-electron chi connectivity index (χ1n) is 4.87. The van der Waals surface area contributed by atoms with Crippen molar-refractivity contribution in [1.29, 1.82) is 0 Å². The molecule has 1 aromatic heterocycles. The van der Waals surface area contributed by atoms with Gasteiger partial charge in [0.05, 0.1) is 11.1 Å². The zero-order valence-corrected chi connectivity index (χ0v) is 10.7. The van der Waals surface area contributed by atoms with Crippen molar-refractivity contribution in [3.63, 3.8) is 0 Å². The number of anilines is 1. The van der Waals surface area contributed by atoms with Crippen molar-refractivity contribution >= 4 is 34.8 Å². The molecule has 0 aliphatic carbocycles. The summed E-state index contributed by atoms with van der Waals surface area (Å²) < 4.78 is 5.27. The lowest BCUT2D eigenvalue weighted by Gasteiger charge is -2.07. The summed E-state index contributed by atoms with van der Waals surface area (Å²) in [6, 6.07) is 3.95. The Kier molecular flexibility index (Phi) is 3.68. The van der Waals surface area contributed by atoms with Crippen LogP contribution in [0.15, 0.2) is 24.4 Å². The van der Waals surface area contributed by atoms with E-state index in [1.165, 1.54) is 18.3 Å². The van der Waals surface area contributed by atoms with Crippen molar-refractivity contribution in [2.45, 2.75) is 0 Å². The molecule has 1 aromatic carbocycles. The number of rotatable bonds is 3. The van der Waals surface area contributed by atoms with E-state index in [1.807, 2.05) is 0 Å². The maximum absolute atomic E-state index is 10.9. The zero-order chi connectivity index (χ0) is 14.0. The summed E-state index contributed by atoms with van der Waals surface area (Å²) in [5, 5.41) is 11.2. The minimum atomic E-state index is -0.625. The number of nitrogens with zero attached hydrogens (tertiary/aromatic N) is 3. The SMILES string of the molecule is Nc1ncc(Cl)c(Oc2ccc(Cl)cc2[N+](=O)[O-])n1. The fourth-order valence-corrected chi connectivity index (χ4v) is 1.56. The molecule has 98 valence electrons. The van der Waals surface area contributed by atoms with E-state index in [1.54, 1.807) is 0 Å². The van der Waals surface area contributed by atoms with Crippen LogP contribution in [0.3, 0.4) is 0 Å². The molecule has 2 rings (SSSR count). The van der Waals surface area contributed by atoms with Gasteiger partial charge in [-0.15, -0.1) is 0 Å². The van der Waals surface area contributed by atoms with Gasteiger partial charge in [0.1, 0.15) is 5.02 Å². The molecule has 1 heterocycles. The second-order valence-corrected chi connectivity index (χ2v) is 4.20. The minimum Gasteiger partial charge on any atom is -0.430 e. The highest BCUT2D eigenvalue weighted by Gasteiger charge is 2.18. The molecule has 0 bridgehead atoms. The van der Waals surface area contributed by atoms with Gasteiger partial charge < -0.3 is 10.5 Å². The van der Waals surface area contributed by atoms with E-state index in [0.29, 0.717) is 0 Å². The van der Waals surface area contributed by atoms with Gasteiger partial charge in [0.2, 0.25) is 17.6 Å². The first-order chi connectivity index (χ1) is 8.97. The Bertz CT molecular complexity index is 651. The van der Waals surface area contributed by atoms with Gasteiger partial charge in [-0.05, 0) is 12.1 Å². The summed E-state index contributed by atoms with van der Waals surface area (Å²) in [6.45, 7) is 0. The van der Waals surface area contributed by atoms with Crippen molar-refractivity contribution in [2.24, 2.45) is 0 Å². The molecule has 0 amide bonds. The van der Waals surface area contributed by atoms with Gasteiger partial charge in [-0.2, -0.15) is 4.98 Å². The quantitative estimate of drug-likeness (QED) is 0.690. The summed E-state index contributed by atoms with van der Waals surface area (Å²) in [5.74, 6) is -0.176. The number of halogens is 2. The van der Waals surface area contributed by atoms with Crippen LogP contribution in [0.2, 0.25) is 10.0 Å². The van der Waals surface area contributed by atoms with E-state index >= 15 is 0 Å². The van der Waals surface area contributed by atoms with Crippen LogP contribution in [-0.4, -0.2) is 14.9 Å². The van der Waals surface area contributed by atoms with Crippen LogP contribution in [0, 0.1) is 10.1 Å². The first-order valence-corrected chi connectivity index (χ1v) is 5.63. The largest absolute Gasteiger partial charge is 0.430 e. The zero-order valence-electron chi connectivity index (χ0n) is 9.21. The van der Waals surface area contributed by atoms with Crippen molar-refractivity contribution in [1.82, 2.24) is 9.97 Å². The molecule has 9 heteroatoms. The molecule has 19 heavy (non-hydrogen) atoms. The van der Waals surface area contributed by atoms with Gasteiger partial charge in [0, 0.05) is 11.1 Å². The van der Waals surface area contributed by atoms with E-state index in [2.05, 4.69) is 9.97 Å². The maximum Gasteiger partial charge on any atom is 0.313 e. The van der Waals surface area contributed by atoms with Crippen LogP contribution in [0.25, 0.3) is 0 Å². The third-order valence-electron chi connectivity index (χ3n) is 2.05. The molecule has 0 saturated carbocycles. The van der Waals surface area contributed by atoms with Gasteiger partial charge in [0.25, 0.3) is 0 Å². The van der Waals surface area contributed by atoms with Gasteiger partial charge in [-0.3, -0.25) is 10.1 Å². The van der Waals surface area contributed by atoms with Crippen molar-refractivity contribution in [2.75, 3.05) is 5.73 Å². The fraction of sp³-hybridized carbons (Fsp3) is 0. The summed E-state index contributed by atoms with van der Waals surface area (Å²) in [6.07, 6.45) is 1.24. The van der Waals surface area contributed by atoms with Crippen LogP contribution in [0.4, 0.5) is 11.6 Å². The Balaban J connectivity index is 2.43. The van der Waals surface area contributed by atoms with Crippen LogP contribution in [0.5, 0.6) is 11.6 Å². The number of hydrogen-bond acceptors (Lipinski definition) is 6. The smallest absolute Gasteiger partial charge is 0.313 e. The molecule has 7 nitrogen and oxygen atoms in total. The maximum atomic E-state index is 10.9. The van der Waals surface area contributed by atoms with Gasteiger partial charge in [-0.1, -0.05) is 23.2 Å². The Labute approximate surface area is 117 Å². The molecule has 0 aliphatic rings. The predicted molar refractivity (Wildman–Crippen MR) is 69.6 cm³/mol. The number of nitrogen functional groups attached to an aromatic ring is 1. The van der Waals surface area contributed by atoms with Crippen LogP contribution in [-0.2, 0) is 0 Å². The minimum absolute atomic E-state index is 0.0469. The fourth-order valence-electron chi connectivity index (χ4n) is 1.26. The first kappa shape index (κ1) is 13.3. The molecular weight excluding hydrogens is 295 g/mol. The summed E-state index contributed by atoms with van der Waals surface area (Å²) in [5.41, 5.74) is 5.08. The molecule has 0 atom stereocenters. The van der Waals surface area contributed by atoms with Crippen LogP contribution < -0.4 is 10.5 Å². The molecular formula is C10H6Cl2N4O3. The monoisotopic (exact) mass is 300 g/mol. The van der Waals surface area contributed by atoms with Crippen molar-refractivity contribution in [3.8, 4) is 11.6 Å². The Morgan fingerprint density at radius 3 is 2.79 bits per heavy atom. The van der Waals surface area contributed by atoms with Crippen LogP contribution >= 0.6 is 23.2 Å². The molecule has 0 fully saturated rings. The Hall–Kier alpha value is -2.12. The molecule has 2 aromatic rings. The van der Waals surface area contributed by atoms with Crippen molar-refractivity contribution < 1.29 is 9.66 Å². The molecule has 0 radical (unpaired) electrons. The molecule has 0 aliphatic heterocycles. The highest BCUT2D eigenvalue weighted by molar-refractivity contribution is 6.31. The normalized spacial score (nSPS) is 10.2. The Morgan fingerprint density at radius 1 is 1.37 bits per heavy atom. The summed E-state index contributed by atoms with van der Waals surface area (Å²) >= 11 is 11.5. The lowest BCUT2D eigenvalue weighted by atomic mass is 10.3. The average molecular weight is 301 g/mol. The average Bonchev–Trinajstić information content (AvgIpc) is 2.35. The molecule has 2 N–H and O–H groups in total.